The molecule has 7 nitrogen and oxygen atoms in total. The minimum absolute atomic E-state index is 0.228. The number of nitrogens with one attached hydrogen (secondary N) is 2. The number of fused-ring (bicyclic) bond motifs is 1. The van der Waals surface area contributed by atoms with Gasteiger partial charge >= 0.3 is 17.8 Å². The zero-order valence-electron chi connectivity index (χ0n) is 15.8. The Labute approximate surface area is 163 Å². The van der Waals surface area contributed by atoms with Gasteiger partial charge in [-0.3, -0.25) is 9.59 Å². The van der Waals surface area contributed by atoms with Crippen molar-refractivity contribution in [1.82, 2.24) is 5.32 Å². The molecule has 0 unspecified atom stereocenters. The standard InChI is InChI=1S/C21H22N2O5/c1-27-20(26)14-7-9-17(10-8-14)23-19(25)18(24)22-13-21(28-2)11-15-5-3-4-6-16(15)12-21/h3-10H,11-13H2,1-2H3,(H,22,24)(H,23,25). The summed E-state index contributed by atoms with van der Waals surface area (Å²) in [6, 6.07) is 14.1. The van der Waals surface area contributed by atoms with Gasteiger partial charge in [0.1, 0.15) is 0 Å². The summed E-state index contributed by atoms with van der Waals surface area (Å²) in [7, 11) is 2.90. The molecule has 0 radical (unpaired) electrons. The van der Waals surface area contributed by atoms with Crippen LogP contribution in [0.25, 0.3) is 0 Å². The van der Waals surface area contributed by atoms with Gasteiger partial charge in [0.15, 0.2) is 0 Å². The summed E-state index contributed by atoms with van der Waals surface area (Å²) in [6.45, 7) is 0.228. The Morgan fingerprint density at radius 3 is 2.07 bits per heavy atom. The second-order valence-corrected chi connectivity index (χ2v) is 6.72. The Hall–Kier alpha value is -3.19. The van der Waals surface area contributed by atoms with Gasteiger partial charge in [0.25, 0.3) is 0 Å². The Morgan fingerprint density at radius 2 is 1.54 bits per heavy atom. The van der Waals surface area contributed by atoms with Crippen molar-refractivity contribution in [2.24, 2.45) is 0 Å². The molecule has 7 heteroatoms. The highest BCUT2D eigenvalue weighted by Gasteiger charge is 2.37. The van der Waals surface area contributed by atoms with E-state index in [9.17, 15) is 14.4 Å². The Balaban J connectivity index is 1.56. The fraction of sp³-hybridized carbons (Fsp3) is 0.286. The van der Waals surface area contributed by atoms with E-state index in [-0.39, 0.29) is 6.54 Å². The number of amides is 2. The predicted octanol–water partition coefficient (Wildman–Crippen LogP) is 1.71. The third kappa shape index (κ3) is 4.20. The van der Waals surface area contributed by atoms with Gasteiger partial charge in [0.2, 0.25) is 0 Å². The van der Waals surface area contributed by atoms with E-state index < -0.39 is 23.4 Å². The van der Waals surface area contributed by atoms with E-state index in [1.165, 1.54) is 42.5 Å². The van der Waals surface area contributed by atoms with Gasteiger partial charge in [-0.1, -0.05) is 24.3 Å². The number of methoxy groups -OCH3 is 2. The van der Waals surface area contributed by atoms with E-state index >= 15 is 0 Å². The predicted molar refractivity (Wildman–Crippen MR) is 103 cm³/mol. The maximum absolute atomic E-state index is 12.2. The van der Waals surface area contributed by atoms with Crippen LogP contribution in [0.1, 0.15) is 21.5 Å². The van der Waals surface area contributed by atoms with Crippen molar-refractivity contribution in [1.29, 1.82) is 0 Å². The summed E-state index contributed by atoms with van der Waals surface area (Å²) < 4.78 is 10.3. The van der Waals surface area contributed by atoms with Crippen LogP contribution in [0.3, 0.4) is 0 Å². The minimum atomic E-state index is -0.785. The molecule has 0 spiro atoms. The molecule has 1 aliphatic carbocycles. The van der Waals surface area contributed by atoms with Crippen LogP contribution in [0.4, 0.5) is 5.69 Å². The van der Waals surface area contributed by atoms with Gasteiger partial charge in [0.05, 0.1) is 18.3 Å². The third-order valence-electron chi connectivity index (χ3n) is 4.92. The maximum atomic E-state index is 12.2. The molecule has 0 aliphatic heterocycles. The molecule has 0 fully saturated rings. The lowest BCUT2D eigenvalue weighted by Gasteiger charge is -2.27. The molecular formula is C21H22N2O5. The summed E-state index contributed by atoms with van der Waals surface area (Å²) in [5.41, 5.74) is 2.58. The van der Waals surface area contributed by atoms with Crippen molar-refractivity contribution in [3.8, 4) is 0 Å². The molecule has 28 heavy (non-hydrogen) atoms. The molecule has 0 saturated heterocycles. The first-order chi connectivity index (χ1) is 13.5. The van der Waals surface area contributed by atoms with Crippen molar-refractivity contribution in [3.05, 3.63) is 65.2 Å². The van der Waals surface area contributed by atoms with Crippen molar-refractivity contribution in [2.75, 3.05) is 26.1 Å². The van der Waals surface area contributed by atoms with Crippen LogP contribution < -0.4 is 10.6 Å². The molecule has 0 bridgehead atoms. The van der Waals surface area contributed by atoms with E-state index in [0.29, 0.717) is 24.1 Å². The number of rotatable bonds is 5. The monoisotopic (exact) mass is 382 g/mol. The number of esters is 1. The Bertz CT molecular complexity index is 867. The normalized spacial score (nSPS) is 14.1. The number of ether oxygens (including phenoxy) is 2. The minimum Gasteiger partial charge on any atom is -0.465 e. The first kappa shape index (κ1) is 19.6. The topological polar surface area (TPSA) is 93.7 Å². The molecule has 3 rings (SSSR count). The number of anilines is 1. The number of benzene rings is 2. The highest BCUT2D eigenvalue weighted by atomic mass is 16.5. The lowest BCUT2D eigenvalue weighted by atomic mass is 10.00. The largest absolute Gasteiger partial charge is 0.465 e. The molecule has 2 N–H and O–H groups in total. The zero-order chi connectivity index (χ0) is 20.1. The maximum Gasteiger partial charge on any atom is 0.337 e. The molecule has 0 atom stereocenters. The molecule has 146 valence electrons. The van der Waals surface area contributed by atoms with Crippen LogP contribution in [0, 0.1) is 0 Å². The molecule has 2 amide bonds. The fourth-order valence-corrected chi connectivity index (χ4v) is 3.32. The lowest BCUT2D eigenvalue weighted by Crippen LogP contribution is -2.48. The van der Waals surface area contributed by atoms with E-state index in [1.54, 1.807) is 7.11 Å². The molecule has 2 aromatic rings. The van der Waals surface area contributed by atoms with E-state index in [4.69, 9.17) is 4.74 Å². The number of hydrogen-bond acceptors (Lipinski definition) is 5. The van der Waals surface area contributed by atoms with E-state index in [0.717, 1.165) is 0 Å². The highest BCUT2D eigenvalue weighted by Crippen LogP contribution is 2.32. The Morgan fingerprint density at radius 1 is 0.929 bits per heavy atom. The SMILES string of the molecule is COC(=O)c1ccc(NC(=O)C(=O)NCC2(OC)Cc3ccccc3C2)cc1. The average Bonchev–Trinajstić information content (AvgIpc) is 3.11. The Kier molecular flexibility index (Phi) is 5.75. The van der Waals surface area contributed by atoms with Gasteiger partial charge < -0.3 is 20.1 Å². The van der Waals surface area contributed by atoms with E-state index in [1.807, 2.05) is 24.3 Å². The summed E-state index contributed by atoms with van der Waals surface area (Å²) in [6.07, 6.45) is 1.35. The molecule has 0 heterocycles. The van der Waals surface area contributed by atoms with Crippen LogP contribution in [0.5, 0.6) is 0 Å². The molecule has 1 aliphatic rings. The first-order valence-electron chi connectivity index (χ1n) is 8.86. The van der Waals surface area contributed by atoms with E-state index in [2.05, 4.69) is 15.4 Å². The summed E-state index contributed by atoms with van der Waals surface area (Å²) in [5, 5.41) is 5.16. The van der Waals surface area contributed by atoms with Gasteiger partial charge in [-0.25, -0.2) is 4.79 Å². The van der Waals surface area contributed by atoms with Gasteiger partial charge in [-0.05, 0) is 35.4 Å². The summed E-state index contributed by atoms with van der Waals surface area (Å²) in [4.78, 5) is 35.8. The quantitative estimate of drug-likeness (QED) is 0.607. The summed E-state index contributed by atoms with van der Waals surface area (Å²) in [5.74, 6) is -2.00. The van der Waals surface area contributed by atoms with Gasteiger partial charge in [0, 0.05) is 32.2 Å². The van der Waals surface area contributed by atoms with Crippen molar-refractivity contribution < 1.29 is 23.9 Å². The third-order valence-corrected chi connectivity index (χ3v) is 4.92. The average molecular weight is 382 g/mol. The van der Waals surface area contributed by atoms with Crippen LogP contribution >= 0.6 is 0 Å². The van der Waals surface area contributed by atoms with Crippen molar-refractivity contribution in [2.45, 2.75) is 18.4 Å². The van der Waals surface area contributed by atoms with Gasteiger partial charge in [-0.15, -0.1) is 0 Å². The zero-order valence-corrected chi connectivity index (χ0v) is 15.8. The van der Waals surface area contributed by atoms with Crippen LogP contribution in [0.15, 0.2) is 48.5 Å². The highest BCUT2D eigenvalue weighted by molar-refractivity contribution is 6.39. The van der Waals surface area contributed by atoms with Crippen LogP contribution in [-0.2, 0) is 31.9 Å². The van der Waals surface area contributed by atoms with Gasteiger partial charge in [-0.2, -0.15) is 0 Å². The molecule has 0 aromatic heterocycles. The van der Waals surface area contributed by atoms with Crippen molar-refractivity contribution >= 4 is 23.5 Å². The number of carbonyl (C=O) groups is 3. The number of carbonyl (C=O) groups excluding carboxylic acids is 3. The number of hydrogen-bond donors (Lipinski definition) is 2. The fourth-order valence-electron chi connectivity index (χ4n) is 3.32. The first-order valence-corrected chi connectivity index (χ1v) is 8.86. The second-order valence-electron chi connectivity index (χ2n) is 6.72. The van der Waals surface area contributed by atoms with Crippen LogP contribution in [-0.4, -0.2) is 44.1 Å². The molecule has 2 aromatic carbocycles. The molecule has 0 saturated carbocycles. The molecular weight excluding hydrogens is 360 g/mol. The second kappa shape index (κ2) is 8.22. The summed E-state index contributed by atoms with van der Waals surface area (Å²) >= 11 is 0. The van der Waals surface area contributed by atoms with Crippen LogP contribution in [0.2, 0.25) is 0 Å². The van der Waals surface area contributed by atoms with Crippen molar-refractivity contribution in [3.63, 3.8) is 0 Å². The smallest absolute Gasteiger partial charge is 0.337 e. The lowest BCUT2D eigenvalue weighted by molar-refractivity contribution is -0.137.